The number of nitrogens with one attached hydrogen (secondary N) is 3. The lowest BCUT2D eigenvalue weighted by molar-refractivity contribution is -0.126. The van der Waals surface area contributed by atoms with Crippen LogP contribution in [0, 0.1) is 0 Å². The van der Waals surface area contributed by atoms with E-state index in [-0.39, 0.29) is 18.7 Å². The van der Waals surface area contributed by atoms with Crippen molar-refractivity contribution in [2.45, 2.75) is 32.7 Å². The van der Waals surface area contributed by atoms with E-state index in [9.17, 15) is 14.4 Å². The van der Waals surface area contributed by atoms with Crippen LogP contribution in [0.4, 0.5) is 0 Å². The first-order chi connectivity index (χ1) is 13.6. The van der Waals surface area contributed by atoms with Gasteiger partial charge in [0.2, 0.25) is 11.8 Å². The van der Waals surface area contributed by atoms with Crippen molar-refractivity contribution in [2.75, 3.05) is 6.61 Å². The van der Waals surface area contributed by atoms with E-state index in [0.717, 1.165) is 12.0 Å². The lowest BCUT2D eigenvalue weighted by Crippen LogP contribution is -2.42. The highest BCUT2D eigenvalue weighted by atomic mass is 16.5. The quantitative estimate of drug-likeness (QED) is 0.579. The molecule has 0 saturated carbocycles. The van der Waals surface area contributed by atoms with Gasteiger partial charge >= 0.3 is 0 Å². The fraction of sp³-hybridized carbons (Fsp3) is 0.286. The molecular weight excluding hydrogens is 358 g/mol. The summed E-state index contributed by atoms with van der Waals surface area (Å²) in [5.41, 5.74) is 6.02. The molecule has 2 aromatic rings. The molecule has 7 heteroatoms. The number of benzene rings is 2. The predicted octanol–water partition coefficient (Wildman–Crippen LogP) is 2.33. The molecule has 0 saturated heterocycles. The van der Waals surface area contributed by atoms with Crippen LogP contribution < -0.4 is 20.9 Å². The summed E-state index contributed by atoms with van der Waals surface area (Å²) >= 11 is 0. The molecule has 0 spiro atoms. The average Bonchev–Trinajstić information content (AvgIpc) is 2.74. The first-order valence-electron chi connectivity index (χ1n) is 9.21. The van der Waals surface area contributed by atoms with Crippen LogP contribution >= 0.6 is 0 Å². The Labute approximate surface area is 164 Å². The van der Waals surface area contributed by atoms with Gasteiger partial charge in [-0.1, -0.05) is 37.3 Å². The van der Waals surface area contributed by atoms with Crippen LogP contribution in [-0.2, 0) is 16.1 Å². The Morgan fingerprint density at radius 2 is 1.54 bits per heavy atom. The van der Waals surface area contributed by atoms with Crippen molar-refractivity contribution < 1.29 is 19.1 Å². The largest absolute Gasteiger partial charge is 0.494 e. The van der Waals surface area contributed by atoms with E-state index in [1.807, 2.05) is 37.3 Å². The van der Waals surface area contributed by atoms with Crippen LogP contribution in [-0.4, -0.2) is 24.3 Å². The van der Waals surface area contributed by atoms with Gasteiger partial charge in [0.25, 0.3) is 5.91 Å². The maximum absolute atomic E-state index is 12.0. The molecule has 0 fully saturated rings. The molecular formula is C21H25N3O4. The van der Waals surface area contributed by atoms with Crippen LogP contribution in [0.15, 0.2) is 54.6 Å². The summed E-state index contributed by atoms with van der Waals surface area (Å²) in [4.78, 5) is 35.6. The number of hydrazine groups is 1. The van der Waals surface area contributed by atoms with Gasteiger partial charge in [0, 0.05) is 24.9 Å². The molecule has 2 aromatic carbocycles. The van der Waals surface area contributed by atoms with Gasteiger partial charge in [0.05, 0.1) is 6.61 Å². The number of carbonyl (C=O) groups excluding carboxylic acids is 3. The number of carbonyl (C=O) groups is 3. The monoisotopic (exact) mass is 383 g/mol. The van der Waals surface area contributed by atoms with Crippen molar-refractivity contribution in [1.29, 1.82) is 0 Å². The number of ether oxygens (including phenoxy) is 1. The van der Waals surface area contributed by atoms with E-state index >= 15 is 0 Å². The summed E-state index contributed by atoms with van der Waals surface area (Å²) in [5.74, 6) is -0.424. The lowest BCUT2D eigenvalue weighted by atomic mass is 10.2. The van der Waals surface area contributed by atoms with Crippen molar-refractivity contribution in [2.24, 2.45) is 0 Å². The van der Waals surface area contributed by atoms with Gasteiger partial charge < -0.3 is 10.1 Å². The zero-order valence-corrected chi connectivity index (χ0v) is 15.9. The molecule has 0 bridgehead atoms. The van der Waals surface area contributed by atoms with Gasteiger partial charge in [0.1, 0.15) is 5.75 Å². The highest BCUT2D eigenvalue weighted by Crippen LogP contribution is 2.12. The Hall–Kier alpha value is -3.35. The average molecular weight is 383 g/mol. The minimum Gasteiger partial charge on any atom is -0.494 e. The fourth-order valence-corrected chi connectivity index (χ4v) is 2.30. The van der Waals surface area contributed by atoms with Crippen molar-refractivity contribution in [3.05, 3.63) is 65.7 Å². The number of rotatable bonds is 9. The van der Waals surface area contributed by atoms with E-state index in [4.69, 9.17) is 4.74 Å². The van der Waals surface area contributed by atoms with Gasteiger partial charge in [-0.2, -0.15) is 0 Å². The van der Waals surface area contributed by atoms with E-state index < -0.39 is 11.8 Å². The van der Waals surface area contributed by atoms with Crippen LogP contribution in [0.25, 0.3) is 0 Å². The summed E-state index contributed by atoms with van der Waals surface area (Å²) < 4.78 is 5.45. The third-order valence-corrected chi connectivity index (χ3v) is 3.82. The van der Waals surface area contributed by atoms with E-state index in [2.05, 4.69) is 16.2 Å². The molecule has 3 N–H and O–H groups in total. The molecule has 0 heterocycles. The van der Waals surface area contributed by atoms with Crippen molar-refractivity contribution in [3.8, 4) is 5.75 Å². The van der Waals surface area contributed by atoms with Gasteiger partial charge in [-0.25, -0.2) is 0 Å². The van der Waals surface area contributed by atoms with Crippen LogP contribution in [0.1, 0.15) is 42.1 Å². The molecule has 0 radical (unpaired) electrons. The molecule has 0 aliphatic heterocycles. The second kappa shape index (κ2) is 11.4. The summed E-state index contributed by atoms with van der Waals surface area (Å²) in [7, 11) is 0. The highest BCUT2D eigenvalue weighted by molar-refractivity contribution is 5.95. The molecule has 0 aromatic heterocycles. The third kappa shape index (κ3) is 7.49. The molecule has 2 rings (SSSR count). The third-order valence-electron chi connectivity index (χ3n) is 3.82. The summed E-state index contributed by atoms with van der Waals surface area (Å²) in [6.07, 6.45) is 0.918. The molecule has 7 nitrogen and oxygen atoms in total. The smallest absolute Gasteiger partial charge is 0.269 e. The maximum atomic E-state index is 12.0. The molecule has 3 amide bonds. The Morgan fingerprint density at radius 1 is 0.857 bits per heavy atom. The predicted molar refractivity (Wildman–Crippen MR) is 105 cm³/mol. The minimum absolute atomic E-state index is 0.0231. The van der Waals surface area contributed by atoms with E-state index in [1.165, 1.54) is 0 Å². The second-order valence-corrected chi connectivity index (χ2v) is 6.14. The van der Waals surface area contributed by atoms with Gasteiger partial charge in [0.15, 0.2) is 0 Å². The molecule has 28 heavy (non-hydrogen) atoms. The van der Waals surface area contributed by atoms with E-state index in [1.54, 1.807) is 24.3 Å². The number of amides is 3. The van der Waals surface area contributed by atoms with Crippen molar-refractivity contribution in [1.82, 2.24) is 16.2 Å². The zero-order valence-electron chi connectivity index (χ0n) is 15.9. The Bertz CT molecular complexity index is 776. The first-order valence-corrected chi connectivity index (χ1v) is 9.21. The standard InChI is InChI=1S/C21H25N3O4/c1-2-14-28-18-10-8-17(9-11-18)21(27)24-23-20(26)13-12-19(25)22-15-16-6-4-3-5-7-16/h3-11H,2,12-15H2,1H3,(H,22,25)(H,23,26)(H,24,27). The van der Waals surface area contributed by atoms with Gasteiger partial charge in [-0.05, 0) is 36.2 Å². The van der Waals surface area contributed by atoms with Crippen LogP contribution in [0.3, 0.4) is 0 Å². The maximum Gasteiger partial charge on any atom is 0.269 e. The second-order valence-electron chi connectivity index (χ2n) is 6.14. The van der Waals surface area contributed by atoms with Gasteiger partial charge in [-0.15, -0.1) is 0 Å². The first kappa shape index (κ1) is 21.0. The van der Waals surface area contributed by atoms with Crippen molar-refractivity contribution >= 4 is 17.7 Å². The van der Waals surface area contributed by atoms with E-state index in [0.29, 0.717) is 24.5 Å². The summed E-state index contributed by atoms with van der Waals surface area (Å²) in [6.45, 7) is 3.04. The van der Waals surface area contributed by atoms with Crippen LogP contribution in [0.5, 0.6) is 5.75 Å². The Morgan fingerprint density at radius 3 is 2.21 bits per heavy atom. The Balaban J connectivity index is 1.65. The minimum atomic E-state index is -0.441. The summed E-state index contributed by atoms with van der Waals surface area (Å²) in [5, 5.41) is 2.75. The molecule has 0 aliphatic carbocycles. The normalized spacial score (nSPS) is 10.0. The molecule has 0 unspecified atom stereocenters. The SMILES string of the molecule is CCCOc1ccc(C(=O)NNC(=O)CCC(=O)NCc2ccccc2)cc1. The number of hydrogen-bond acceptors (Lipinski definition) is 4. The lowest BCUT2D eigenvalue weighted by Gasteiger charge is -2.09. The highest BCUT2D eigenvalue weighted by Gasteiger charge is 2.10. The zero-order chi connectivity index (χ0) is 20.2. The molecule has 0 atom stereocenters. The Kier molecular flexibility index (Phi) is 8.52. The molecule has 0 aliphatic rings. The van der Waals surface area contributed by atoms with Crippen molar-refractivity contribution in [3.63, 3.8) is 0 Å². The molecule has 148 valence electrons. The fourth-order valence-electron chi connectivity index (χ4n) is 2.30. The summed E-state index contributed by atoms with van der Waals surface area (Å²) in [6, 6.07) is 16.1. The van der Waals surface area contributed by atoms with Crippen LogP contribution in [0.2, 0.25) is 0 Å². The number of hydrogen-bond donors (Lipinski definition) is 3. The van der Waals surface area contributed by atoms with Gasteiger partial charge in [-0.3, -0.25) is 25.2 Å². The topological polar surface area (TPSA) is 96.5 Å².